The SMILES string of the molecule is CCCc1sc(NC(=O)c2cccnc2)nc1-c1ccc(C)cc1C. The number of anilines is 1. The number of hydrogen-bond donors (Lipinski definition) is 1. The predicted octanol–water partition coefficient (Wildman–Crippen LogP) is 5.03. The maximum absolute atomic E-state index is 12.4. The van der Waals surface area contributed by atoms with Crippen LogP contribution >= 0.6 is 11.3 Å². The number of carbonyl (C=O) groups is 1. The third-order valence-corrected chi connectivity index (χ3v) is 4.99. The highest BCUT2D eigenvalue weighted by Crippen LogP contribution is 2.34. The number of rotatable bonds is 5. The van der Waals surface area contributed by atoms with Crippen molar-refractivity contribution in [3.63, 3.8) is 0 Å². The first-order chi connectivity index (χ1) is 12.1. The first kappa shape index (κ1) is 17.3. The molecule has 0 unspecified atom stereocenters. The number of nitrogens with zero attached hydrogens (tertiary/aromatic N) is 2. The van der Waals surface area contributed by atoms with E-state index in [1.165, 1.54) is 16.0 Å². The highest BCUT2D eigenvalue weighted by molar-refractivity contribution is 7.16. The second kappa shape index (κ2) is 7.57. The van der Waals surface area contributed by atoms with Crippen molar-refractivity contribution in [3.05, 3.63) is 64.3 Å². The summed E-state index contributed by atoms with van der Waals surface area (Å²) in [6.45, 7) is 6.34. The zero-order valence-electron chi connectivity index (χ0n) is 14.7. The number of aryl methyl sites for hydroxylation is 3. The number of aromatic nitrogens is 2. The Hall–Kier alpha value is -2.53. The van der Waals surface area contributed by atoms with Gasteiger partial charge in [-0.25, -0.2) is 4.98 Å². The number of pyridine rings is 1. The van der Waals surface area contributed by atoms with Crippen molar-refractivity contribution in [3.8, 4) is 11.3 Å². The number of thiazole rings is 1. The van der Waals surface area contributed by atoms with E-state index in [0.717, 1.165) is 24.1 Å². The summed E-state index contributed by atoms with van der Waals surface area (Å²) >= 11 is 1.55. The smallest absolute Gasteiger partial charge is 0.259 e. The van der Waals surface area contributed by atoms with E-state index in [9.17, 15) is 4.79 Å². The minimum atomic E-state index is -0.183. The van der Waals surface area contributed by atoms with E-state index >= 15 is 0 Å². The van der Waals surface area contributed by atoms with Crippen molar-refractivity contribution in [2.24, 2.45) is 0 Å². The van der Waals surface area contributed by atoms with Gasteiger partial charge in [0.25, 0.3) is 5.91 Å². The van der Waals surface area contributed by atoms with Gasteiger partial charge in [-0.05, 0) is 38.0 Å². The number of amides is 1. The normalized spacial score (nSPS) is 10.7. The molecule has 0 aliphatic rings. The van der Waals surface area contributed by atoms with Gasteiger partial charge in [-0.1, -0.05) is 37.1 Å². The first-order valence-corrected chi connectivity index (χ1v) is 9.19. The Morgan fingerprint density at radius 1 is 1.24 bits per heavy atom. The van der Waals surface area contributed by atoms with E-state index in [1.807, 2.05) is 0 Å². The van der Waals surface area contributed by atoms with Crippen LogP contribution in [0.4, 0.5) is 5.13 Å². The van der Waals surface area contributed by atoms with Crippen LogP contribution in [0.25, 0.3) is 11.3 Å². The van der Waals surface area contributed by atoms with Crippen LogP contribution in [0.2, 0.25) is 0 Å². The molecule has 2 heterocycles. The molecule has 128 valence electrons. The van der Waals surface area contributed by atoms with Crippen molar-refractivity contribution < 1.29 is 4.79 Å². The molecule has 2 aromatic heterocycles. The quantitative estimate of drug-likeness (QED) is 0.701. The lowest BCUT2D eigenvalue weighted by Gasteiger charge is -2.06. The average Bonchev–Trinajstić information content (AvgIpc) is 2.98. The lowest BCUT2D eigenvalue weighted by Crippen LogP contribution is -2.11. The summed E-state index contributed by atoms with van der Waals surface area (Å²) in [4.78, 5) is 22.3. The molecular weight excluding hydrogens is 330 g/mol. The van der Waals surface area contributed by atoms with Crippen LogP contribution in [0.15, 0.2) is 42.7 Å². The second-order valence-electron chi connectivity index (χ2n) is 6.06. The van der Waals surface area contributed by atoms with Gasteiger partial charge in [0.1, 0.15) is 0 Å². The highest BCUT2D eigenvalue weighted by Gasteiger charge is 2.16. The fraction of sp³-hybridized carbons (Fsp3) is 0.250. The van der Waals surface area contributed by atoms with Gasteiger partial charge < -0.3 is 0 Å². The van der Waals surface area contributed by atoms with Gasteiger partial charge in [0.2, 0.25) is 0 Å². The van der Waals surface area contributed by atoms with Crippen molar-refractivity contribution in [2.45, 2.75) is 33.6 Å². The number of benzene rings is 1. The van der Waals surface area contributed by atoms with Crippen LogP contribution in [0.5, 0.6) is 0 Å². The molecule has 5 heteroatoms. The van der Waals surface area contributed by atoms with Crippen LogP contribution in [-0.2, 0) is 6.42 Å². The molecule has 3 rings (SSSR count). The van der Waals surface area contributed by atoms with Crippen LogP contribution < -0.4 is 5.32 Å². The summed E-state index contributed by atoms with van der Waals surface area (Å²) in [5.41, 5.74) is 5.08. The van der Waals surface area contributed by atoms with Crippen molar-refractivity contribution in [1.29, 1.82) is 0 Å². The van der Waals surface area contributed by atoms with Gasteiger partial charge in [-0.2, -0.15) is 0 Å². The Labute approximate surface area is 152 Å². The number of carbonyl (C=O) groups excluding carboxylic acids is 1. The molecule has 0 fully saturated rings. The minimum absolute atomic E-state index is 0.183. The van der Waals surface area contributed by atoms with E-state index in [4.69, 9.17) is 4.98 Å². The van der Waals surface area contributed by atoms with E-state index in [2.05, 4.69) is 49.3 Å². The third-order valence-electron chi connectivity index (χ3n) is 3.96. The molecule has 25 heavy (non-hydrogen) atoms. The summed E-state index contributed by atoms with van der Waals surface area (Å²) < 4.78 is 0. The van der Waals surface area contributed by atoms with E-state index in [-0.39, 0.29) is 5.91 Å². The van der Waals surface area contributed by atoms with Crippen molar-refractivity contribution >= 4 is 22.4 Å². The molecule has 4 nitrogen and oxygen atoms in total. The van der Waals surface area contributed by atoms with Gasteiger partial charge in [0.05, 0.1) is 11.3 Å². The Balaban J connectivity index is 1.93. The topological polar surface area (TPSA) is 54.9 Å². The van der Waals surface area contributed by atoms with Crippen LogP contribution in [0, 0.1) is 13.8 Å². The lowest BCUT2D eigenvalue weighted by atomic mass is 10.0. The standard InChI is InChI=1S/C20H21N3OS/c1-4-6-17-18(16-9-8-13(2)11-14(16)3)22-20(25-17)23-19(24)15-7-5-10-21-12-15/h5,7-12H,4,6H2,1-3H3,(H,22,23,24). The molecule has 0 spiro atoms. The molecule has 0 saturated carbocycles. The van der Waals surface area contributed by atoms with Crippen molar-refractivity contribution in [1.82, 2.24) is 9.97 Å². The number of hydrogen-bond acceptors (Lipinski definition) is 4. The molecule has 0 aliphatic heterocycles. The Bertz CT molecular complexity index is 887. The predicted molar refractivity (Wildman–Crippen MR) is 103 cm³/mol. The van der Waals surface area contributed by atoms with E-state index < -0.39 is 0 Å². The highest BCUT2D eigenvalue weighted by atomic mass is 32.1. The molecular formula is C20H21N3OS. The van der Waals surface area contributed by atoms with Gasteiger partial charge in [-0.15, -0.1) is 11.3 Å². The third kappa shape index (κ3) is 3.94. The Morgan fingerprint density at radius 2 is 2.08 bits per heavy atom. The molecule has 0 bridgehead atoms. The Kier molecular flexibility index (Phi) is 5.24. The van der Waals surface area contributed by atoms with Gasteiger partial charge in [0.15, 0.2) is 5.13 Å². The molecule has 1 N–H and O–H groups in total. The zero-order chi connectivity index (χ0) is 17.8. The van der Waals surface area contributed by atoms with Gasteiger partial charge >= 0.3 is 0 Å². The molecule has 0 saturated heterocycles. The summed E-state index contributed by atoms with van der Waals surface area (Å²) in [6.07, 6.45) is 5.19. The fourth-order valence-electron chi connectivity index (χ4n) is 2.76. The van der Waals surface area contributed by atoms with Gasteiger partial charge in [0, 0.05) is 22.8 Å². The van der Waals surface area contributed by atoms with Crippen molar-refractivity contribution in [2.75, 3.05) is 5.32 Å². The molecule has 0 atom stereocenters. The molecule has 0 aliphatic carbocycles. The Morgan fingerprint density at radius 3 is 2.76 bits per heavy atom. The summed E-state index contributed by atoms with van der Waals surface area (Å²) in [6, 6.07) is 9.88. The van der Waals surface area contributed by atoms with Crippen LogP contribution in [0.1, 0.15) is 39.7 Å². The van der Waals surface area contributed by atoms with Crippen LogP contribution in [0.3, 0.4) is 0 Å². The fourth-order valence-corrected chi connectivity index (χ4v) is 3.83. The lowest BCUT2D eigenvalue weighted by molar-refractivity contribution is 0.102. The minimum Gasteiger partial charge on any atom is -0.298 e. The largest absolute Gasteiger partial charge is 0.298 e. The van der Waals surface area contributed by atoms with Gasteiger partial charge in [-0.3, -0.25) is 15.1 Å². The molecule has 3 aromatic rings. The first-order valence-electron chi connectivity index (χ1n) is 8.37. The second-order valence-corrected chi connectivity index (χ2v) is 7.14. The zero-order valence-corrected chi connectivity index (χ0v) is 15.5. The molecule has 1 amide bonds. The molecule has 1 aromatic carbocycles. The maximum Gasteiger partial charge on any atom is 0.259 e. The number of nitrogens with one attached hydrogen (secondary N) is 1. The molecule has 0 radical (unpaired) electrons. The average molecular weight is 351 g/mol. The maximum atomic E-state index is 12.4. The summed E-state index contributed by atoms with van der Waals surface area (Å²) in [7, 11) is 0. The van der Waals surface area contributed by atoms with Crippen LogP contribution in [-0.4, -0.2) is 15.9 Å². The van der Waals surface area contributed by atoms with E-state index in [0.29, 0.717) is 10.7 Å². The summed E-state index contributed by atoms with van der Waals surface area (Å²) in [5.74, 6) is -0.183. The summed E-state index contributed by atoms with van der Waals surface area (Å²) in [5, 5.41) is 3.54. The monoisotopic (exact) mass is 351 g/mol. The van der Waals surface area contributed by atoms with E-state index in [1.54, 1.807) is 35.9 Å².